The second-order valence-corrected chi connectivity index (χ2v) is 5.97. The molecule has 0 aliphatic heterocycles. The van der Waals surface area contributed by atoms with Gasteiger partial charge in [0, 0.05) is 11.4 Å². The fourth-order valence-electron chi connectivity index (χ4n) is 0.744. The maximum Gasteiger partial charge on any atom is 0.139 e. The summed E-state index contributed by atoms with van der Waals surface area (Å²) in [5, 5.41) is 8.72. The van der Waals surface area contributed by atoms with Crippen LogP contribution in [0, 0.1) is 11.3 Å². The molecule has 0 unspecified atom stereocenters. The predicted molar refractivity (Wildman–Crippen MR) is 55.3 cm³/mol. The molecular formula is C9H18N2OS. The highest BCUT2D eigenvalue weighted by atomic mass is 32.2. The molecule has 0 fully saturated rings. The third-order valence-electron chi connectivity index (χ3n) is 1.54. The maximum absolute atomic E-state index is 11.6. The second-order valence-electron chi connectivity index (χ2n) is 3.97. The van der Waals surface area contributed by atoms with Crippen LogP contribution in [0.2, 0.25) is 0 Å². The van der Waals surface area contributed by atoms with Gasteiger partial charge in [-0.05, 0) is 27.2 Å². The molecule has 0 amide bonds. The fourth-order valence-corrected chi connectivity index (χ4v) is 1.53. The average Bonchev–Trinajstić information content (AvgIpc) is 2.01. The van der Waals surface area contributed by atoms with Gasteiger partial charge < -0.3 is 4.55 Å². The summed E-state index contributed by atoms with van der Waals surface area (Å²) in [5.41, 5.74) is 0. The van der Waals surface area contributed by atoms with E-state index in [9.17, 15) is 4.55 Å². The van der Waals surface area contributed by atoms with Crippen molar-refractivity contribution in [2.24, 2.45) is 0 Å². The van der Waals surface area contributed by atoms with Crippen molar-refractivity contribution in [2.45, 2.75) is 51.3 Å². The van der Waals surface area contributed by atoms with Crippen LogP contribution < -0.4 is 4.72 Å². The van der Waals surface area contributed by atoms with Gasteiger partial charge in [-0.2, -0.15) is 5.26 Å². The summed E-state index contributed by atoms with van der Waals surface area (Å²) < 4.78 is 14.1. The van der Waals surface area contributed by atoms with E-state index < -0.39 is 11.4 Å². The van der Waals surface area contributed by atoms with Crippen LogP contribution in [0.25, 0.3) is 0 Å². The predicted octanol–water partition coefficient (Wildman–Crippen LogP) is 1.73. The maximum atomic E-state index is 11.6. The molecule has 0 aliphatic rings. The Kier molecular flexibility index (Phi) is 5.38. The molecule has 0 aliphatic carbocycles. The number of nitrogens with one attached hydrogen (secondary N) is 1. The van der Waals surface area contributed by atoms with Gasteiger partial charge in [0.2, 0.25) is 0 Å². The molecule has 0 aromatic rings. The smallest absolute Gasteiger partial charge is 0.139 e. The molecule has 0 saturated heterocycles. The van der Waals surface area contributed by atoms with Crippen molar-refractivity contribution >= 4 is 11.4 Å². The van der Waals surface area contributed by atoms with Gasteiger partial charge in [-0.3, -0.25) is 0 Å². The van der Waals surface area contributed by atoms with Gasteiger partial charge in [0.25, 0.3) is 0 Å². The molecule has 0 heterocycles. The molecular weight excluding hydrogens is 184 g/mol. The van der Waals surface area contributed by atoms with E-state index in [0.29, 0.717) is 0 Å². The Bertz CT molecular complexity index is 183. The zero-order chi connectivity index (χ0) is 10.5. The zero-order valence-corrected chi connectivity index (χ0v) is 9.57. The minimum absolute atomic E-state index is 0.287. The minimum Gasteiger partial charge on any atom is -0.598 e. The summed E-state index contributed by atoms with van der Waals surface area (Å²) in [6.07, 6.45) is 1.67. The van der Waals surface area contributed by atoms with Crippen molar-refractivity contribution in [3.63, 3.8) is 0 Å². The first-order valence-corrected chi connectivity index (χ1v) is 5.64. The zero-order valence-electron chi connectivity index (χ0n) is 8.76. The quantitative estimate of drug-likeness (QED) is 0.706. The summed E-state index contributed by atoms with van der Waals surface area (Å²) >= 11 is -1.14. The Morgan fingerprint density at radius 2 is 2.08 bits per heavy atom. The molecule has 0 radical (unpaired) electrons. The molecule has 0 aromatic carbocycles. The van der Waals surface area contributed by atoms with Crippen LogP contribution in [0.1, 0.15) is 40.5 Å². The van der Waals surface area contributed by atoms with Crippen LogP contribution in [0.4, 0.5) is 0 Å². The topological polar surface area (TPSA) is 58.9 Å². The van der Waals surface area contributed by atoms with E-state index in [1.165, 1.54) is 0 Å². The summed E-state index contributed by atoms with van der Waals surface area (Å²) in [6.45, 7) is 7.66. The molecule has 3 nitrogen and oxygen atoms in total. The van der Waals surface area contributed by atoms with Crippen LogP contribution >= 0.6 is 0 Å². The lowest BCUT2D eigenvalue weighted by molar-refractivity contribution is 0.529. The van der Waals surface area contributed by atoms with E-state index in [4.69, 9.17) is 5.26 Å². The van der Waals surface area contributed by atoms with Crippen molar-refractivity contribution in [1.29, 1.82) is 5.26 Å². The monoisotopic (exact) mass is 202 g/mol. The average molecular weight is 202 g/mol. The Labute approximate surface area is 83.8 Å². The second kappa shape index (κ2) is 5.48. The largest absolute Gasteiger partial charge is 0.598 e. The summed E-state index contributed by atoms with van der Waals surface area (Å²) in [4.78, 5) is 0. The molecule has 0 rings (SSSR count). The number of nitrogens with zero attached hydrogens (tertiary/aromatic N) is 1. The first kappa shape index (κ1) is 12.8. The van der Waals surface area contributed by atoms with Gasteiger partial charge in [0.05, 0.1) is 6.07 Å². The molecule has 4 heteroatoms. The van der Waals surface area contributed by atoms with E-state index in [0.717, 1.165) is 12.8 Å². The first-order valence-electron chi connectivity index (χ1n) is 4.49. The lowest BCUT2D eigenvalue weighted by Gasteiger charge is -2.25. The lowest BCUT2D eigenvalue weighted by Crippen LogP contribution is -2.44. The van der Waals surface area contributed by atoms with E-state index in [1.54, 1.807) is 0 Å². The Balaban J connectivity index is 4.03. The Hall–Kier alpha value is -0.240. The Morgan fingerprint density at radius 1 is 1.54 bits per heavy atom. The van der Waals surface area contributed by atoms with Crippen LogP contribution in [0.3, 0.4) is 0 Å². The molecule has 0 bridgehead atoms. The molecule has 0 spiro atoms. The lowest BCUT2D eigenvalue weighted by atomic mass is 10.2. The molecule has 1 N–H and O–H groups in total. The normalized spacial score (nSPS) is 16.3. The summed E-state index contributed by atoms with van der Waals surface area (Å²) in [6, 6.07) is 1.81. The number of nitriles is 1. The van der Waals surface area contributed by atoms with E-state index in [2.05, 4.69) is 10.8 Å². The number of hydrogen-bond donors (Lipinski definition) is 1. The van der Waals surface area contributed by atoms with Crippen molar-refractivity contribution < 1.29 is 4.55 Å². The van der Waals surface area contributed by atoms with Crippen molar-refractivity contribution in [1.82, 2.24) is 4.72 Å². The third kappa shape index (κ3) is 5.14. The number of hydrogen-bond acceptors (Lipinski definition) is 3. The van der Waals surface area contributed by atoms with Crippen molar-refractivity contribution in [2.75, 3.05) is 0 Å². The molecule has 13 heavy (non-hydrogen) atoms. The molecule has 0 aromatic heterocycles. The fraction of sp³-hybridized carbons (Fsp3) is 0.889. The standard InChI is InChI=1S/C9H18N2OS/c1-5-6-8(7-10)11-13(12)9(2,3)4/h8,11H,5-6H2,1-4H3/t8-,13-/m0/s1. The van der Waals surface area contributed by atoms with E-state index in [1.807, 2.05) is 27.7 Å². The van der Waals surface area contributed by atoms with Crippen molar-refractivity contribution in [3.8, 4) is 6.07 Å². The summed E-state index contributed by atoms with van der Waals surface area (Å²) in [5.74, 6) is 0. The molecule has 2 atom stereocenters. The summed E-state index contributed by atoms with van der Waals surface area (Å²) in [7, 11) is 0. The van der Waals surface area contributed by atoms with Crippen LogP contribution in [-0.2, 0) is 11.4 Å². The van der Waals surface area contributed by atoms with Crippen LogP contribution in [0.15, 0.2) is 0 Å². The van der Waals surface area contributed by atoms with Gasteiger partial charge >= 0.3 is 0 Å². The van der Waals surface area contributed by atoms with Gasteiger partial charge in [-0.1, -0.05) is 13.3 Å². The highest BCUT2D eigenvalue weighted by Gasteiger charge is 2.28. The van der Waals surface area contributed by atoms with Gasteiger partial charge in [0.15, 0.2) is 0 Å². The van der Waals surface area contributed by atoms with Gasteiger partial charge in [0.1, 0.15) is 10.8 Å². The van der Waals surface area contributed by atoms with Gasteiger partial charge in [-0.15, -0.1) is 4.72 Å². The molecule has 0 saturated carbocycles. The van der Waals surface area contributed by atoms with E-state index in [-0.39, 0.29) is 10.8 Å². The van der Waals surface area contributed by atoms with Crippen LogP contribution in [-0.4, -0.2) is 15.3 Å². The molecule has 76 valence electrons. The highest BCUT2D eigenvalue weighted by molar-refractivity contribution is 7.90. The highest BCUT2D eigenvalue weighted by Crippen LogP contribution is 2.14. The minimum atomic E-state index is -1.14. The third-order valence-corrected chi connectivity index (χ3v) is 3.15. The SMILES string of the molecule is CCC[C@@H](C#N)N[S@@+]([O-])C(C)(C)C. The van der Waals surface area contributed by atoms with Crippen LogP contribution in [0.5, 0.6) is 0 Å². The van der Waals surface area contributed by atoms with Gasteiger partial charge in [-0.25, -0.2) is 0 Å². The first-order chi connectivity index (χ1) is 5.91. The Morgan fingerprint density at radius 3 is 2.38 bits per heavy atom. The van der Waals surface area contributed by atoms with Crippen molar-refractivity contribution in [3.05, 3.63) is 0 Å². The van der Waals surface area contributed by atoms with E-state index >= 15 is 0 Å². The number of rotatable bonds is 4.